The predicted octanol–water partition coefficient (Wildman–Crippen LogP) is 2.79. The maximum atomic E-state index is 12.2. The summed E-state index contributed by atoms with van der Waals surface area (Å²) in [5, 5.41) is 0.518. The Bertz CT molecular complexity index is 417. The van der Waals surface area contributed by atoms with E-state index in [1.807, 2.05) is 0 Å². The van der Waals surface area contributed by atoms with E-state index in [-0.39, 0.29) is 10.6 Å². The maximum absolute atomic E-state index is 12.2. The number of hydrogen-bond acceptors (Lipinski definition) is 2. The Balaban J connectivity index is 2.99. The van der Waals surface area contributed by atoms with Crippen LogP contribution in [-0.4, -0.2) is 8.42 Å². The smallest absolute Gasteiger partial charge is 0.194 e. The summed E-state index contributed by atoms with van der Waals surface area (Å²) >= 11 is 11.2. The molecule has 0 aliphatic carbocycles. The molecule has 1 rings (SSSR count). The zero-order valence-electron chi connectivity index (χ0n) is 6.30. The summed E-state index contributed by atoms with van der Waals surface area (Å²) < 4.78 is 32.7. The molecule has 0 saturated heterocycles. The van der Waals surface area contributed by atoms with Gasteiger partial charge in [-0.05, 0) is 17.7 Å². The second kappa shape index (κ2) is 3.82. The molecule has 0 aliphatic rings. The van der Waals surface area contributed by atoms with Crippen molar-refractivity contribution in [3.63, 3.8) is 0 Å². The van der Waals surface area contributed by atoms with Crippen LogP contribution in [0.3, 0.4) is 0 Å². The van der Waals surface area contributed by atoms with Gasteiger partial charge in [-0.3, -0.25) is 0 Å². The molecule has 0 unspecified atom stereocenters. The summed E-state index contributed by atoms with van der Waals surface area (Å²) in [6, 6.07) is 4.15. The van der Waals surface area contributed by atoms with E-state index in [4.69, 9.17) is 23.2 Å². The van der Waals surface area contributed by atoms with Crippen molar-refractivity contribution in [2.24, 2.45) is 0 Å². The van der Waals surface area contributed by atoms with Gasteiger partial charge in [0.2, 0.25) is 0 Å². The molecule has 0 atom stereocenters. The molecule has 1 aromatic carbocycles. The third-order valence-corrected chi connectivity index (χ3v) is 2.74. The molecule has 6 heteroatoms. The highest BCUT2D eigenvalue weighted by Crippen LogP contribution is 2.23. The normalized spacial score (nSPS) is 11.6. The average Bonchev–Trinajstić information content (AvgIpc) is 1.94. The van der Waals surface area contributed by atoms with Crippen LogP contribution in [-0.2, 0) is 16.0 Å². The summed E-state index contributed by atoms with van der Waals surface area (Å²) in [6.45, 7) is 0. The van der Waals surface area contributed by atoms with Crippen LogP contribution in [0.25, 0.3) is 0 Å². The van der Waals surface area contributed by atoms with E-state index >= 15 is 0 Å². The fourth-order valence-corrected chi connectivity index (χ4v) is 1.73. The largest absolute Gasteiger partial charge is 0.306 e. The molecule has 0 bridgehead atoms. The Hall–Kier alpha value is -0.320. The van der Waals surface area contributed by atoms with Crippen LogP contribution in [0.15, 0.2) is 18.2 Å². The molecule has 72 valence electrons. The lowest BCUT2D eigenvalue weighted by Gasteiger charge is -1.99. The van der Waals surface area contributed by atoms with Gasteiger partial charge in [0.1, 0.15) is 5.75 Å². The molecule has 13 heavy (non-hydrogen) atoms. The van der Waals surface area contributed by atoms with Gasteiger partial charge in [0.25, 0.3) is 0 Å². The van der Waals surface area contributed by atoms with E-state index in [1.165, 1.54) is 18.2 Å². The third-order valence-electron chi connectivity index (χ3n) is 1.32. The maximum Gasteiger partial charge on any atom is 0.306 e. The van der Waals surface area contributed by atoms with Crippen molar-refractivity contribution in [2.75, 3.05) is 0 Å². The van der Waals surface area contributed by atoms with Gasteiger partial charge in [-0.15, -0.1) is 3.89 Å². The van der Waals surface area contributed by atoms with Crippen molar-refractivity contribution < 1.29 is 12.3 Å². The second-order valence-electron chi connectivity index (χ2n) is 2.43. The Labute approximate surface area is 85.5 Å². The standard InChI is InChI=1S/C7H5Cl2FO2S/c8-6-2-1-5(3-7(6)9)4-13(10,11)12/h1-3H,4H2. The molecule has 0 heterocycles. The molecule has 0 radical (unpaired) electrons. The highest BCUT2D eigenvalue weighted by Gasteiger charge is 2.09. The van der Waals surface area contributed by atoms with Gasteiger partial charge in [0.05, 0.1) is 10.0 Å². The van der Waals surface area contributed by atoms with Gasteiger partial charge in [0.15, 0.2) is 0 Å². The summed E-state index contributed by atoms with van der Waals surface area (Å²) in [5.74, 6) is -0.677. The van der Waals surface area contributed by atoms with E-state index in [0.717, 1.165) is 0 Å². The Morgan fingerprint density at radius 3 is 2.31 bits per heavy atom. The highest BCUT2D eigenvalue weighted by molar-refractivity contribution is 7.85. The van der Waals surface area contributed by atoms with Crippen LogP contribution < -0.4 is 0 Å². The van der Waals surface area contributed by atoms with Gasteiger partial charge in [-0.2, -0.15) is 8.42 Å². The van der Waals surface area contributed by atoms with E-state index in [2.05, 4.69) is 0 Å². The van der Waals surface area contributed by atoms with Crippen LogP contribution in [0.1, 0.15) is 5.56 Å². The lowest BCUT2D eigenvalue weighted by molar-refractivity contribution is 0.551. The van der Waals surface area contributed by atoms with Crippen molar-refractivity contribution >= 4 is 33.4 Å². The minimum Gasteiger partial charge on any atom is -0.194 e. The molecule has 2 nitrogen and oxygen atoms in total. The van der Waals surface area contributed by atoms with Crippen LogP contribution >= 0.6 is 23.2 Å². The molecule has 0 aromatic heterocycles. The zero-order valence-corrected chi connectivity index (χ0v) is 8.63. The van der Waals surface area contributed by atoms with Gasteiger partial charge in [-0.25, -0.2) is 0 Å². The van der Waals surface area contributed by atoms with Crippen molar-refractivity contribution in [2.45, 2.75) is 5.75 Å². The fraction of sp³-hybridized carbons (Fsp3) is 0.143. The van der Waals surface area contributed by atoms with Gasteiger partial charge < -0.3 is 0 Å². The van der Waals surface area contributed by atoms with Crippen molar-refractivity contribution in [1.82, 2.24) is 0 Å². The van der Waals surface area contributed by atoms with E-state index in [0.29, 0.717) is 5.02 Å². The Kier molecular flexibility index (Phi) is 3.16. The van der Waals surface area contributed by atoms with Gasteiger partial charge in [0, 0.05) is 0 Å². The number of rotatable bonds is 2. The first-order valence-electron chi connectivity index (χ1n) is 3.25. The number of benzene rings is 1. The van der Waals surface area contributed by atoms with E-state index in [9.17, 15) is 12.3 Å². The summed E-state index contributed by atoms with van der Waals surface area (Å²) in [7, 11) is -4.51. The van der Waals surface area contributed by atoms with E-state index in [1.54, 1.807) is 0 Å². The predicted molar refractivity (Wildman–Crippen MR) is 50.2 cm³/mol. The molecule has 0 N–H and O–H groups in total. The van der Waals surface area contributed by atoms with Crippen LogP contribution in [0.4, 0.5) is 3.89 Å². The quantitative estimate of drug-likeness (QED) is 0.748. The second-order valence-corrected chi connectivity index (χ2v) is 4.61. The first-order valence-corrected chi connectivity index (χ1v) is 5.55. The molecule has 0 saturated carbocycles. The van der Waals surface area contributed by atoms with Gasteiger partial charge >= 0.3 is 10.2 Å². The topological polar surface area (TPSA) is 34.1 Å². The Morgan fingerprint density at radius 1 is 1.23 bits per heavy atom. The molecular weight excluding hydrogens is 238 g/mol. The van der Waals surface area contributed by atoms with E-state index < -0.39 is 16.0 Å². The summed E-state index contributed by atoms with van der Waals surface area (Å²) in [4.78, 5) is 0. The van der Waals surface area contributed by atoms with Crippen LogP contribution in [0.5, 0.6) is 0 Å². The molecule has 0 aliphatic heterocycles. The van der Waals surface area contributed by atoms with Crippen LogP contribution in [0, 0.1) is 0 Å². The average molecular weight is 243 g/mol. The number of hydrogen-bond donors (Lipinski definition) is 0. The Morgan fingerprint density at radius 2 is 1.85 bits per heavy atom. The van der Waals surface area contributed by atoms with Crippen LogP contribution in [0.2, 0.25) is 10.0 Å². The summed E-state index contributed by atoms with van der Waals surface area (Å²) in [5.41, 5.74) is 0.275. The first-order chi connectivity index (χ1) is 5.88. The molecular formula is C7H5Cl2FO2S. The zero-order chi connectivity index (χ0) is 10.1. The third kappa shape index (κ3) is 3.50. The van der Waals surface area contributed by atoms with Gasteiger partial charge in [-0.1, -0.05) is 29.3 Å². The lowest BCUT2D eigenvalue weighted by atomic mass is 10.2. The first kappa shape index (κ1) is 10.8. The molecule has 0 amide bonds. The molecule has 0 spiro atoms. The SMILES string of the molecule is O=S(=O)(F)Cc1ccc(Cl)c(Cl)c1. The van der Waals surface area contributed by atoms with Crippen molar-refractivity contribution in [3.8, 4) is 0 Å². The monoisotopic (exact) mass is 242 g/mol. The highest BCUT2D eigenvalue weighted by atomic mass is 35.5. The molecule has 0 fully saturated rings. The number of halogens is 3. The van der Waals surface area contributed by atoms with Crippen molar-refractivity contribution in [1.29, 1.82) is 0 Å². The summed E-state index contributed by atoms with van der Waals surface area (Å²) in [6.07, 6.45) is 0. The minimum atomic E-state index is -4.51. The fourth-order valence-electron chi connectivity index (χ4n) is 0.828. The lowest BCUT2D eigenvalue weighted by Crippen LogP contribution is -1.95. The molecule has 1 aromatic rings. The minimum absolute atomic E-state index is 0.211. The van der Waals surface area contributed by atoms with Crippen molar-refractivity contribution in [3.05, 3.63) is 33.8 Å².